The van der Waals surface area contributed by atoms with Crippen LogP contribution < -0.4 is 10.1 Å². The van der Waals surface area contributed by atoms with Crippen LogP contribution in [0.2, 0.25) is 0 Å². The third-order valence-corrected chi connectivity index (χ3v) is 2.35. The van der Waals surface area contributed by atoms with E-state index in [-0.39, 0.29) is 5.54 Å². The number of rotatable bonds is 6. The quantitative estimate of drug-likeness (QED) is 0.770. The summed E-state index contributed by atoms with van der Waals surface area (Å²) in [7, 11) is 0. The first-order valence-electron chi connectivity index (χ1n) is 6.34. The molecule has 1 aromatic heterocycles. The van der Waals surface area contributed by atoms with Crippen molar-refractivity contribution in [1.29, 1.82) is 0 Å². The molecule has 0 aliphatic heterocycles. The average molecular weight is 236 g/mol. The van der Waals surface area contributed by atoms with Crippen LogP contribution in [-0.2, 0) is 6.54 Å². The molecule has 0 radical (unpaired) electrons. The number of pyridine rings is 1. The van der Waals surface area contributed by atoms with E-state index < -0.39 is 0 Å². The van der Waals surface area contributed by atoms with Crippen LogP contribution in [-0.4, -0.2) is 17.1 Å². The first-order valence-corrected chi connectivity index (χ1v) is 6.34. The maximum Gasteiger partial charge on any atom is 0.122 e. The summed E-state index contributed by atoms with van der Waals surface area (Å²) in [5, 5.41) is 3.41. The normalized spacial score (nSPS) is 11.5. The molecular weight excluding hydrogens is 212 g/mol. The number of hydrogen-bond donors (Lipinski definition) is 1. The van der Waals surface area contributed by atoms with Gasteiger partial charge in [-0.1, -0.05) is 13.3 Å². The van der Waals surface area contributed by atoms with Gasteiger partial charge in [0.05, 0.1) is 12.3 Å². The van der Waals surface area contributed by atoms with Crippen molar-refractivity contribution in [3.05, 3.63) is 24.0 Å². The zero-order chi connectivity index (χ0) is 12.7. The number of aromatic nitrogens is 1. The number of ether oxygens (including phenoxy) is 1. The Balaban J connectivity index is 2.48. The van der Waals surface area contributed by atoms with Gasteiger partial charge in [-0.2, -0.15) is 0 Å². The maximum absolute atomic E-state index is 5.65. The molecule has 0 aliphatic rings. The molecule has 0 aliphatic carbocycles. The molecule has 0 amide bonds. The lowest BCUT2D eigenvalue weighted by atomic mass is 10.1. The Morgan fingerprint density at radius 3 is 2.76 bits per heavy atom. The highest BCUT2D eigenvalue weighted by Crippen LogP contribution is 2.12. The third kappa shape index (κ3) is 6.27. The molecule has 1 heterocycles. The molecule has 0 unspecified atom stereocenters. The number of nitrogens with zero attached hydrogens (tertiary/aromatic N) is 1. The molecule has 0 spiro atoms. The van der Waals surface area contributed by atoms with E-state index in [1.54, 1.807) is 6.20 Å². The molecule has 17 heavy (non-hydrogen) atoms. The lowest BCUT2D eigenvalue weighted by molar-refractivity contribution is 0.308. The fourth-order valence-corrected chi connectivity index (χ4v) is 1.33. The van der Waals surface area contributed by atoms with Gasteiger partial charge in [-0.3, -0.25) is 4.98 Å². The summed E-state index contributed by atoms with van der Waals surface area (Å²) in [5.41, 5.74) is 1.13. The second kappa shape index (κ2) is 6.60. The van der Waals surface area contributed by atoms with E-state index in [0.29, 0.717) is 0 Å². The van der Waals surface area contributed by atoms with Gasteiger partial charge in [-0.25, -0.2) is 0 Å². The van der Waals surface area contributed by atoms with Crippen molar-refractivity contribution in [2.24, 2.45) is 0 Å². The molecule has 1 N–H and O–H groups in total. The van der Waals surface area contributed by atoms with Crippen LogP contribution in [0.1, 0.15) is 46.2 Å². The minimum Gasteiger partial charge on any atom is -0.493 e. The van der Waals surface area contributed by atoms with Crippen molar-refractivity contribution in [2.45, 2.75) is 52.6 Å². The number of unbranched alkanes of at least 4 members (excludes halogenated alkanes) is 1. The number of hydrogen-bond acceptors (Lipinski definition) is 3. The van der Waals surface area contributed by atoms with Gasteiger partial charge in [0.15, 0.2) is 0 Å². The molecular formula is C14H24N2O. The fourth-order valence-electron chi connectivity index (χ4n) is 1.33. The Labute approximate surface area is 105 Å². The Bertz CT molecular complexity index is 331. The van der Waals surface area contributed by atoms with Crippen molar-refractivity contribution in [3.63, 3.8) is 0 Å². The van der Waals surface area contributed by atoms with Crippen LogP contribution >= 0.6 is 0 Å². The van der Waals surface area contributed by atoms with Crippen molar-refractivity contribution in [1.82, 2.24) is 10.3 Å². The van der Waals surface area contributed by atoms with Gasteiger partial charge in [-0.05, 0) is 33.3 Å². The lowest BCUT2D eigenvalue weighted by Gasteiger charge is -2.20. The summed E-state index contributed by atoms with van der Waals surface area (Å²) in [6.07, 6.45) is 4.06. The average Bonchev–Trinajstić information content (AvgIpc) is 2.27. The Kier molecular flexibility index (Phi) is 5.42. The summed E-state index contributed by atoms with van der Waals surface area (Å²) in [4.78, 5) is 4.33. The second-order valence-electron chi connectivity index (χ2n) is 5.29. The lowest BCUT2D eigenvalue weighted by Crippen LogP contribution is -2.35. The zero-order valence-corrected chi connectivity index (χ0v) is 11.4. The minimum atomic E-state index is 0.112. The van der Waals surface area contributed by atoms with Crippen molar-refractivity contribution in [2.75, 3.05) is 6.61 Å². The van der Waals surface area contributed by atoms with E-state index in [4.69, 9.17) is 4.74 Å². The highest BCUT2D eigenvalue weighted by molar-refractivity contribution is 5.22. The van der Waals surface area contributed by atoms with Gasteiger partial charge in [-0.15, -0.1) is 0 Å². The molecule has 3 heteroatoms. The summed E-state index contributed by atoms with van der Waals surface area (Å²) >= 11 is 0. The molecule has 1 aromatic rings. The van der Waals surface area contributed by atoms with E-state index in [1.807, 2.05) is 12.1 Å². The second-order valence-corrected chi connectivity index (χ2v) is 5.29. The Hall–Kier alpha value is -1.09. The topological polar surface area (TPSA) is 34.1 Å². The highest BCUT2D eigenvalue weighted by Gasteiger charge is 2.09. The van der Waals surface area contributed by atoms with Crippen LogP contribution in [0.5, 0.6) is 5.75 Å². The molecule has 3 nitrogen and oxygen atoms in total. The summed E-state index contributed by atoms with van der Waals surface area (Å²) < 4.78 is 5.65. The van der Waals surface area contributed by atoms with Crippen molar-refractivity contribution < 1.29 is 4.74 Å². The molecule has 0 atom stereocenters. The minimum absolute atomic E-state index is 0.112. The maximum atomic E-state index is 5.65. The molecule has 0 bridgehead atoms. The van der Waals surface area contributed by atoms with Crippen LogP contribution in [0.4, 0.5) is 0 Å². The van der Waals surface area contributed by atoms with Crippen molar-refractivity contribution >= 4 is 0 Å². The molecule has 0 saturated carbocycles. The first-order chi connectivity index (χ1) is 8.01. The Morgan fingerprint density at radius 2 is 2.12 bits per heavy atom. The molecule has 96 valence electrons. The van der Waals surface area contributed by atoms with Gasteiger partial charge in [0.25, 0.3) is 0 Å². The molecule has 1 rings (SSSR count). The standard InChI is InChI=1S/C14H24N2O/c1-5-6-9-17-13-7-8-15-12(10-13)11-16-14(2,3)4/h7-8,10,16H,5-6,9,11H2,1-4H3. The van der Waals surface area contributed by atoms with Gasteiger partial charge in [0.1, 0.15) is 5.75 Å². The molecule has 0 saturated heterocycles. The van der Waals surface area contributed by atoms with Gasteiger partial charge in [0.2, 0.25) is 0 Å². The third-order valence-electron chi connectivity index (χ3n) is 2.35. The Morgan fingerprint density at radius 1 is 1.35 bits per heavy atom. The molecule has 0 fully saturated rings. The van der Waals surface area contributed by atoms with Gasteiger partial charge < -0.3 is 10.1 Å². The van der Waals surface area contributed by atoms with Crippen LogP contribution in [0.15, 0.2) is 18.3 Å². The van der Waals surface area contributed by atoms with E-state index in [9.17, 15) is 0 Å². The SMILES string of the molecule is CCCCOc1ccnc(CNC(C)(C)C)c1. The predicted molar refractivity (Wildman–Crippen MR) is 71.2 cm³/mol. The van der Waals surface area contributed by atoms with Crippen LogP contribution in [0, 0.1) is 0 Å². The zero-order valence-electron chi connectivity index (χ0n) is 11.4. The van der Waals surface area contributed by atoms with E-state index in [0.717, 1.165) is 37.4 Å². The predicted octanol–water partition coefficient (Wildman–Crippen LogP) is 3.15. The first kappa shape index (κ1) is 14.0. The van der Waals surface area contributed by atoms with Crippen molar-refractivity contribution in [3.8, 4) is 5.75 Å². The highest BCUT2D eigenvalue weighted by atomic mass is 16.5. The fraction of sp³-hybridized carbons (Fsp3) is 0.643. The monoisotopic (exact) mass is 236 g/mol. The smallest absolute Gasteiger partial charge is 0.122 e. The van der Waals surface area contributed by atoms with E-state index in [2.05, 4.69) is 38.0 Å². The summed E-state index contributed by atoms with van der Waals surface area (Å²) in [5.74, 6) is 0.916. The van der Waals surface area contributed by atoms with Gasteiger partial charge >= 0.3 is 0 Å². The van der Waals surface area contributed by atoms with E-state index in [1.165, 1.54) is 0 Å². The largest absolute Gasteiger partial charge is 0.493 e. The van der Waals surface area contributed by atoms with Gasteiger partial charge in [0, 0.05) is 24.3 Å². The van der Waals surface area contributed by atoms with Crippen LogP contribution in [0.3, 0.4) is 0 Å². The number of nitrogens with one attached hydrogen (secondary N) is 1. The summed E-state index contributed by atoms with van der Waals surface area (Å²) in [6, 6.07) is 3.92. The van der Waals surface area contributed by atoms with E-state index >= 15 is 0 Å². The van der Waals surface area contributed by atoms with Crippen LogP contribution in [0.25, 0.3) is 0 Å². The molecule has 0 aromatic carbocycles. The summed E-state index contributed by atoms with van der Waals surface area (Å²) in [6.45, 7) is 10.2.